The van der Waals surface area contributed by atoms with Gasteiger partial charge in [0.2, 0.25) is 0 Å². The highest BCUT2D eigenvalue weighted by Gasteiger charge is 2.09. The molecule has 0 saturated carbocycles. The van der Waals surface area contributed by atoms with Gasteiger partial charge in [0.1, 0.15) is 12.4 Å². The van der Waals surface area contributed by atoms with Crippen LogP contribution in [0.1, 0.15) is 5.56 Å². The Morgan fingerprint density at radius 3 is 2.61 bits per heavy atom. The van der Waals surface area contributed by atoms with Gasteiger partial charge in [-0.25, -0.2) is 8.78 Å². The number of halogens is 3. The van der Waals surface area contributed by atoms with Crippen molar-refractivity contribution in [3.8, 4) is 5.75 Å². The largest absolute Gasteiger partial charge is 0.484 e. The molecule has 2 rings (SSSR count). The number of nitrogens with two attached hydrogens (primary N) is 1. The van der Waals surface area contributed by atoms with Crippen LogP contribution in [0.4, 0.5) is 14.5 Å². The third-order valence-electron chi connectivity index (χ3n) is 2.38. The van der Waals surface area contributed by atoms with Crippen LogP contribution >= 0.6 is 11.6 Å². The van der Waals surface area contributed by atoms with Crippen LogP contribution < -0.4 is 10.5 Å². The molecule has 0 aliphatic rings. The van der Waals surface area contributed by atoms with Crippen molar-refractivity contribution >= 4 is 17.3 Å². The normalized spacial score (nSPS) is 10.4. The average Bonchev–Trinajstić information content (AvgIpc) is 2.33. The molecule has 0 atom stereocenters. The first kappa shape index (κ1) is 12.6. The summed E-state index contributed by atoms with van der Waals surface area (Å²) >= 11 is 5.74. The number of para-hydroxylation sites is 1. The Balaban J connectivity index is 2.19. The second-order valence-corrected chi connectivity index (χ2v) is 4.12. The monoisotopic (exact) mass is 269 g/mol. The third-order valence-corrected chi connectivity index (χ3v) is 2.61. The zero-order valence-electron chi connectivity index (χ0n) is 9.29. The van der Waals surface area contributed by atoms with E-state index in [1.54, 1.807) is 0 Å². The Bertz CT molecular complexity index is 555. The van der Waals surface area contributed by atoms with Crippen LogP contribution in [0, 0.1) is 11.6 Å². The SMILES string of the molecule is Nc1cccc(F)c1OCc1cc(Cl)ccc1F. The molecule has 0 radical (unpaired) electrons. The van der Waals surface area contributed by atoms with Crippen LogP contribution in [-0.2, 0) is 6.61 Å². The lowest BCUT2D eigenvalue weighted by molar-refractivity contribution is 0.286. The molecule has 18 heavy (non-hydrogen) atoms. The van der Waals surface area contributed by atoms with Crippen LogP contribution in [0.5, 0.6) is 5.75 Å². The Hall–Kier alpha value is -1.81. The molecule has 0 aliphatic heterocycles. The molecule has 0 spiro atoms. The fourth-order valence-electron chi connectivity index (χ4n) is 1.48. The molecule has 0 heterocycles. The van der Waals surface area contributed by atoms with Gasteiger partial charge in [-0.2, -0.15) is 0 Å². The van der Waals surface area contributed by atoms with Crippen LogP contribution in [0.3, 0.4) is 0 Å². The van der Waals surface area contributed by atoms with Gasteiger partial charge in [0.15, 0.2) is 11.6 Å². The second-order valence-electron chi connectivity index (χ2n) is 3.68. The Morgan fingerprint density at radius 2 is 1.89 bits per heavy atom. The van der Waals surface area contributed by atoms with E-state index in [2.05, 4.69) is 0 Å². The highest BCUT2D eigenvalue weighted by molar-refractivity contribution is 6.30. The van der Waals surface area contributed by atoms with Crippen LogP contribution in [0.15, 0.2) is 36.4 Å². The lowest BCUT2D eigenvalue weighted by atomic mass is 10.2. The van der Waals surface area contributed by atoms with E-state index in [1.807, 2.05) is 0 Å². The molecular formula is C13H10ClF2NO. The zero-order valence-corrected chi connectivity index (χ0v) is 10.0. The van der Waals surface area contributed by atoms with Crippen molar-refractivity contribution in [2.45, 2.75) is 6.61 Å². The van der Waals surface area contributed by atoms with Gasteiger partial charge >= 0.3 is 0 Å². The van der Waals surface area contributed by atoms with Gasteiger partial charge in [-0.3, -0.25) is 0 Å². The summed E-state index contributed by atoms with van der Waals surface area (Å²) < 4.78 is 32.0. The Morgan fingerprint density at radius 1 is 1.11 bits per heavy atom. The molecular weight excluding hydrogens is 260 g/mol. The Kier molecular flexibility index (Phi) is 3.67. The number of hydrogen-bond acceptors (Lipinski definition) is 2. The van der Waals surface area contributed by atoms with Crippen molar-refractivity contribution in [3.63, 3.8) is 0 Å². The van der Waals surface area contributed by atoms with E-state index in [0.29, 0.717) is 5.02 Å². The molecule has 2 aromatic carbocycles. The predicted octanol–water partition coefficient (Wildman–Crippen LogP) is 3.78. The van der Waals surface area contributed by atoms with Crippen molar-refractivity contribution in [2.24, 2.45) is 0 Å². The molecule has 0 amide bonds. The van der Waals surface area contributed by atoms with Crippen molar-refractivity contribution in [3.05, 3.63) is 58.6 Å². The lowest BCUT2D eigenvalue weighted by Gasteiger charge is -2.10. The lowest BCUT2D eigenvalue weighted by Crippen LogP contribution is -2.02. The minimum Gasteiger partial charge on any atom is -0.484 e. The summed E-state index contributed by atoms with van der Waals surface area (Å²) in [6.07, 6.45) is 0. The fraction of sp³-hybridized carbons (Fsp3) is 0.0769. The first-order chi connectivity index (χ1) is 8.58. The molecule has 0 aromatic heterocycles. The second kappa shape index (κ2) is 5.23. The first-order valence-electron chi connectivity index (χ1n) is 5.18. The van der Waals surface area contributed by atoms with Crippen molar-refractivity contribution < 1.29 is 13.5 Å². The zero-order chi connectivity index (χ0) is 13.1. The van der Waals surface area contributed by atoms with Gasteiger partial charge in [-0.05, 0) is 30.3 Å². The molecule has 0 saturated heterocycles. The summed E-state index contributed by atoms with van der Waals surface area (Å²) in [5, 5.41) is 0.386. The maximum Gasteiger partial charge on any atom is 0.178 e. The highest BCUT2D eigenvalue weighted by atomic mass is 35.5. The summed E-state index contributed by atoms with van der Waals surface area (Å²) in [6.45, 7) is -0.141. The van der Waals surface area contributed by atoms with Gasteiger partial charge in [-0.15, -0.1) is 0 Å². The van der Waals surface area contributed by atoms with Gasteiger partial charge in [-0.1, -0.05) is 17.7 Å². The molecule has 2 N–H and O–H groups in total. The van der Waals surface area contributed by atoms with Crippen molar-refractivity contribution in [2.75, 3.05) is 5.73 Å². The van der Waals surface area contributed by atoms with E-state index < -0.39 is 11.6 Å². The first-order valence-corrected chi connectivity index (χ1v) is 5.56. The van der Waals surface area contributed by atoms with Gasteiger partial charge < -0.3 is 10.5 Å². The maximum atomic E-state index is 13.4. The average molecular weight is 270 g/mol. The summed E-state index contributed by atoms with van der Waals surface area (Å²) in [5.41, 5.74) is 5.97. The van der Waals surface area contributed by atoms with E-state index in [9.17, 15) is 8.78 Å². The minimum absolute atomic E-state index is 0.0862. The summed E-state index contributed by atoms with van der Waals surface area (Å²) in [7, 11) is 0. The summed E-state index contributed by atoms with van der Waals surface area (Å²) in [5.74, 6) is -1.14. The van der Waals surface area contributed by atoms with Crippen molar-refractivity contribution in [1.82, 2.24) is 0 Å². The van der Waals surface area contributed by atoms with Gasteiger partial charge in [0, 0.05) is 10.6 Å². The van der Waals surface area contributed by atoms with E-state index in [0.717, 1.165) is 0 Å². The molecule has 0 fully saturated rings. The molecule has 0 unspecified atom stereocenters. The van der Waals surface area contributed by atoms with Crippen LogP contribution in [0.25, 0.3) is 0 Å². The molecule has 0 bridgehead atoms. The van der Waals surface area contributed by atoms with E-state index in [-0.39, 0.29) is 23.6 Å². The number of ether oxygens (including phenoxy) is 1. The quantitative estimate of drug-likeness (QED) is 0.861. The van der Waals surface area contributed by atoms with Gasteiger partial charge in [0.25, 0.3) is 0 Å². The number of nitrogen functional groups attached to an aromatic ring is 1. The smallest absolute Gasteiger partial charge is 0.178 e. The highest BCUT2D eigenvalue weighted by Crippen LogP contribution is 2.26. The van der Waals surface area contributed by atoms with Crippen molar-refractivity contribution in [1.29, 1.82) is 0 Å². The number of benzene rings is 2. The number of anilines is 1. The number of rotatable bonds is 3. The predicted molar refractivity (Wildman–Crippen MR) is 66.6 cm³/mol. The molecule has 2 nitrogen and oxygen atoms in total. The van der Waals surface area contributed by atoms with Gasteiger partial charge in [0.05, 0.1) is 5.69 Å². The molecule has 94 valence electrons. The topological polar surface area (TPSA) is 35.2 Å². The Labute approximate surface area is 108 Å². The molecule has 2 aromatic rings. The standard InChI is InChI=1S/C13H10ClF2NO/c14-9-4-5-10(15)8(6-9)7-18-13-11(16)2-1-3-12(13)17/h1-6H,7,17H2. The van der Waals surface area contributed by atoms with E-state index in [1.165, 1.54) is 36.4 Å². The number of hydrogen-bond donors (Lipinski definition) is 1. The van der Waals surface area contributed by atoms with Crippen LogP contribution in [-0.4, -0.2) is 0 Å². The van der Waals surface area contributed by atoms with Crippen LogP contribution in [0.2, 0.25) is 5.02 Å². The summed E-state index contributed by atoms with van der Waals surface area (Å²) in [6, 6.07) is 8.28. The van der Waals surface area contributed by atoms with E-state index in [4.69, 9.17) is 22.1 Å². The minimum atomic E-state index is -0.586. The molecule has 5 heteroatoms. The van der Waals surface area contributed by atoms with E-state index >= 15 is 0 Å². The third kappa shape index (κ3) is 2.71. The summed E-state index contributed by atoms with van der Waals surface area (Å²) in [4.78, 5) is 0. The molecule has 0 aliphatic carbocycles. The fourth-order valence-corrected chi connectivity index (χ4v) is 1.68. The maximum absolute atomic E-state index is 13.4.